The lowest BCUT2D eigenvalue weighted by atomic mass is 10.3. The van der Waals surface area contributed by atoms with Gasteiger partial charge >= 0.3 is 0 Å². The Hall–Kier alpha value is -2.48. The molecule has 7 nitrogen and oxygen atoms in total. The highest BCUT2D eigenvalue weighted by Crippen LogP contribution is 2.10. The highest BCUT2D eigenvalue weighted by Gasteiger charge is 2.11. The predicted octanol–water partition coefficient (Wildman–Crippen LogP) is 1.56. The fraction of sp³-hybridized carbons (Fsp3) is 0.167. The Morgan fingerprint density at radius 2 is 2.45 bits per heavy atom. The van der Waals surface area contributed by atoms with Crippen LogP contribution in [0.15, 0.2) is 33.6 Å². The van der Waals surface area contributed by atoms with E-state index in [0.29, 0.717) is 11.5 Å². The lowest BCUT2D eigenvalue weighted by Crippen LogP contribution is -2.23. The molecule has 0 aliphatic heterocycles. The summed E-state index contributed by atoms with van der Waals surface area (Å²) < 4.78 is 6.51. The monoisotopic (exact) mass is 289 g/mol. The quantitative estimate of drug-likeness (QED) is 0.787. The van der Waals surface area contributed by atoms with Gasteiger partial charge in [0.15, 0.2) is 5.69 Å². The average Bonchev–Trinajstić information content (AvgIpc) is 3.16. The molecule has 3 heterocycles. The van der Waals surface area contributed by atoms with E-state index in [1.807, 2.05) is 16.8 Å². The van der Waals surface area contributed by atoms with Crippen LogP contribution < -0.4 is 5.32 Å². The highest BCUT2D eigenvalue weighted by atomic mass is 32.1. The number of hydrogen-bond donors (Lipinski definition) is 1. The van der Waals surface area contributed by atoms with Crippen molar-refractivity contribution < 1.29 is 9.32 Å². The van der Waals surface area contributed by atoms with Crippen molar-refractivity contribution >= 4 is 17.2 Å². The standard InChI is InChI=1S/C12H11N5O2S/c1-8-4-11(15-19-8)12(18)13-5-9-6-17(16-14-9)10-2-3-20-7-10/h2-4,6-7H,5H2,1H3,(H,13,18). The van der Waals surface area contributed by atoms with E-state index >= 15 is 0 Å². The summed E-state index contributed by atoms with van der Waals surface area (Å²) in [5.74, 6) is 0.297. The van der Waals surface area contributed by atoms with E-state index in [2.05, 4.69) is 20.8 Å². The third-order valence-electron chi connectivity index (χ3n) is 2.60. The van der Waals surface area contributed by atoms with Crippen LogP contribution in [0.1, 0.15) is 21.9 Å². The van der Waals surface area contributed by atoms with Crippen molar-refractivity contribution in [2.75, 3.05) is 0 Å². The van der Waals surface area contributed by atoms with Crippen LogP contribution in [0, 0.1) is 6.92 Å². The number of aryl methyl sites for hydroxylation is 1. The minimum Gasteiger partial charge on any atom is -0.361 e. The maximum absolute atomic E-state index is 11.8. The maximum atomic E-state index is 11.8. The van der Waals surface area contributed by atoms with Gasteiger partial charge in [-0.25, -0.2) is 4.68 Å². The molecule has 3 rings (SSSR count). The van der Waals surface area contributed by atoms with Gasteiger partial charge in [0.05, 0.1) is 18.4 Å². The van der Waals surface area contributed by atoms with Crippen molar-refractivity contribution in [2.45, 2.75) is 13.5 Å². The van der Waals surface area contributed by atoms with E-state index < -0.39 is 0 Å². The molecule has 3 aromatic heterocycles. The number of carbonyl (C=O) groups excluding carboxylic acids is 1. The summed E-state index contributed by atoms with van der Waals surface area (Å²) in [6, 6.07) is 3.53. The van der Waals surface area contributed by atoms with E-state index in [1.165, 1.54) is 0 Å². The molecule has 0 atom stereocenters. The van der Waals surface area contributed by atoms with Crippen LogP contribution in [0.3, 0.4) is 0 Å². The van der Waals surface area contributed by atoms with Gasteiger partial charge in [0.1, 0.15) is 11.5 Å². The molecule has 0 bridgehead atoms. The number of carbonyl (C=O) groups is 1. The van der Waals surface area contributed by atoms with Gasteiger partial charge in [-0.1, -0.05) is 10.4 Å². The summed E-state index contributed by atoms with van der Waals surface area (Å²) in [5, 5.41) is 18.3. The first-order chi connectivity index (χ1) is 9.72. The number of thiophene rings is 1. The summed E-state index contributed by atoms with van der Waals surface area (Å²) in [7, 11) is 0. The number of amides is 1. The first-order valence-corrected chi connectivity index (χ1v) is 6.82. The predicted molar refractivity (Wildman–Crippen MR) is 71.6 cm³/mol. The number of nitrogens with one attached hydrogen (secondary N) is 1. The van der Waals surface area contributed by atoms with Crippen molar-refractivity contribution in [1.82, 2.24) is 25.5 Å². The van der Waals surface area contributed by atoms with Gasteiger partial charge in [-0.2, -0.15) is 11.3 Å². The Morgan fingerprint density at radius 1 is 1.55 bits per heavy atom. The zero-order valence-corrected chi connectivity index (χ0v) is 11.4. The topological polar surface area (TPSA) is 85.8 Å². The van der Waals surface area contributed by atoms with Gasteiger partial charge in [0.25, 0.3) is 5.91 Å². The molecule has 0 radical (unpaired) electrons. The third kappa shape index (κ3) is 2.59. The van der Waals surface area contributed by atoms with Crippen LogP contribution in [-0.4, -0.2) is 26.1 Å². The number of aromatic nitrogens is 4. The van der Waals surface area contributed by atoms with Gasteiger partial charge in [-0.3, -0.25) is 4.79 Å². The van der Waals surface area contributed by atoms with Crippen LogP contribution in [0.25, 0.3) is 5.69 Å². The first-order valence-electron chi connectivity index (χ1n) is 5.88. The van der Waals surface area contributed by atoms with E-state index in [-0.39, 0.29) is 18.1 Å². The second kappa shape index (κ2) is 5.25. The van der Waals surface area contributed by atoms with Crippen LogP contribution in [0.2, 0.25) is 0 Å². The largest absolute Gasteiger partial charge is 0.361 e. The van der Waals surface area contributed by atoms with Gasteiger partial charge in [0, 0.05) is 11.4 Å². The van der Waals surface area contributed by atoms with Crippen LogP contribution in [0.5, 0.6) is 0 Å². The van der Waals surface area contributed by atoms with Crippen molar-refractivity contribution in [3.05, 3.63) is 46.2 Å². The lowest BCUT2D eigenvalue weighted by molar-refractivity contribution is 0.0941. The van der Waals surface area contributed by atoms with Crippen LogP contribution in [0.4, 0.5) is 0 Å². The van der Waals surface area contributed by atoms with Crippen molar-refractivity contribution in [3.8, 4) is 5.69 Å². The van der Waals surface area contributed by atoms with Crippen molar-refractivity contribution in [3.63, 3.8) is 0 Å². The van der Waals surface area contributed by atoms with Crippen LogP contribution >= 0.6 is 11.3 Å². The fourth-order valence-corrected chi connectivity index (χ4v) is 2.25. The molecule has 8 heteroatoms. The van der Waals surface area contributed by atoms with E-state index in [9.17, 15) is 4.79 Å². The minimum absolute atomic E-state index is 0.257. The maximum Gasteiger partial charge on any atom is 0.273 e. The zero-order valence-electron chi connectivity index (χ0n) is 10.6. The van der Waals surface area contributed by atoms with Crippen molar-refractivity contribution in [1.29, 1.82) is 0 Å². The Kier molecular flexibility index (Phi) is 3.30. The molecule has 102 valence electrons. The van der Waals surface area contributed by atoms with Gasteiger partial charge in [-0.05, 0) is 18.4 Å². The fourth-order valence-electron chi connectivity index (χ4n) is 1.63. The summed E-state index contributed by atoms with van der Waals surface area (Å²) >= 11 is 1.58. The molecule has 0 saturated heterocycles. The molecule has 0 fully saturated rings. The molecule has 1 amide bonds. The minimum atomic E-state index is -0.299. The molecule has 0 spiro atoms. The number of hydrogen-bond acceptors (Lipinski definition) is 6. The molecule has 0 saturated carbocycles. The molecule has 0 aliphatic carbocycles. The zero-order chi connectivity index (χ0) is 13.9. The average molecular weight is 289 g/mol. The Morgan fingerprint density at radius 3 is 3.15 bits per heavy atom. The van der Waals surface area contributed by atoms with Gasteiger partial charge in [-0.15, -0.1) is 5.10 Å². The number of rotatable bonds is 4. The van der Waals surface area contributed by atoms with E-state index in [1.54, 1.807) is 35.2 Å². The summed E-state index contributed by atoms with van der Waals surface area (Å²) in [5.41, 5.74) is 1.88. The summed E-state index contributed by atoms with van der Waals surface area (Å²) in [4.78, 5) is 11.8. The molecular weight excluding hydrogens is 278 g/mol. The molecule has 0 aliphatic rings. The Bertz CT molecular complexity index is 716. The second-order valence-electron chi connectivity index (χ2n) is 4.14. The molecule has 0 aromatic carbocycles. The highest BCUT2D eigenvalue weighted by molar-refractivity contribution is 7.08. The van der Waals surface area contributed by atoms with Gasteiger partial charge in [0.2, 0.25) is 0 Å². The number of nitrogens with zero attached hydrogens (tertiary/aromatic N) is 4. The first kappa shape index (κ1) is 12.5. The summed E-state index contributed by atoms with van der Waals surface area (Å²) in [6.07, 6.45) is 1.77. The second-order valence-corrected chi connectivity index (χ2v) is 4.92. The smallest absolute Gasteiger partial charge is 0.273 e. The Balaban J connectivity index is 1.63. The van der Waals surface area contributed by atoms with Crippen molar-refractivity contribution in [2.24, 2.45) is 0 Å². The molecule has 1 N–H and O–H groups in total. The molecule has 0 unspecified atom stereocenters. The Labute approximate surface area is 118 Å². The normalized spacial score (nSPS) is 10.7. The van der Waals surface area contributed by atoms with Gasteiger partial charge < -0.3 is 9.84 Å². The van der Waals surface area contributed by atoms with E-state index in [4.69, 9.17) is 4.52 Å². The molecule has 20 heavy (non-hydrogen) atoms. The molecule has 3 aromatic rings. The third-order valence-corrected chi connectivity index (χ3v) is 3.27. The molecular formula is C12H11N5O2S. The SMILES string of the molecule is Cc1cc(C(=O)NCc2cn(-c3ccsc3)nn2)no1. The van der Waals surface area contributed by atoms with E-state index in [0.717, 1.165) is 5.69 Å². The van der Waals surface area contributed by atoms with Crippen LogP contribution in [-0.2, 0) is 6.54 Å². The lowest BCUT2D eigenvalue weighted by Gasteiger charge is -1.98. The summed E-state index contributed by atoms with van der Waals surface area (Å²) in [6.45, 7) is 2.02.